The number of aliphatic carboxylic acids is 1. The lowest BCUT2D eigenvalue weighted by Gasteiger charge is -2.19. The van der Waals surface area contributed by atoms with Gasteiger partial charge in [-0.05, 0) is 139 Å². The monoisotopic (exact) mass is 974 g/mol. The number of aliphatic hydroxyl groups is 1. The standard InChI is InChI=1S/C29H38O7S.C26H36O4S/c1-5-9-23-25(14-12-22(20(4)31)29(23)36-16-7-11-27(32)33)35-17-8-18-37-26-15-13-21(19(3)30)28(34)24(26)10-6-2;1-6-9-21-17(3)20(18(4)27)11-13-24(21)30-15-8-16-31-25-14-12-22(19(5)28)26(29)23(25)10-7-2/h12-15,34H,5-11,16-18H2,1-4H3,(H,32,33);11-14,18,27,29H,6-10,15-16H2,1-5H3. The van der Waals surface area contributed by atoms with Crippen molar-refractivity contribution in [3.8, 4) is 28.7 Å². The van der Waals surface area contributed by atoms with E-state index in [4.69, 9.17) is 19.3 Å². The summed E-state index contributed by atoms with van der Waals surface area (Å²) in [7, 11) is 0. The van der Waals surface area contributed by atoms with Crippen molar-refractivity contribution in [3.63, 3.8) is 0 Å². The molecule has 372 valence electrons. The molecule has 0 radical (unpaired) electrons. The highest BCUT2D eigenvalue weighted by molar-refractivity contribution is 7.99. The molecule has 1 unspecified atom stereocenters. The van der Waals surface area contributed by atoms with Crippen LogP contribution in [0.3, 0.4) is 0 Å². The predicted octanol–water partition coefficient (Wildman–Crippen LogP) is 12.9. The number of hydrogen-bond acceptors (Lipinski definition) is 12. The zero-order valence-corrected chi connectivity index (χ0v) is 43.3. The first-order chi connectivity index (χ1) is 32.5. The normalized spacial score (nSPS) is 11.4. The van der Waals surface area contributed by atoms with Crippen molar-refractivity contribution in [3.05, 3.63) is 98.6 Å². The molecule has 0 aliphatic carbocycles. The number of phenols is 2. The number of phenolic OH excluding ortho intramolecular Hbond substituents is 2. The van der Waals surface area contributed by atoms with Crippen LogP contribution in [0.4, 0.5) is 0 Å². The Morgan fingerprint density at radius 1 is 0.559 bits per heavy atom. The molecule has 0 saturated carbocycles. The summed E-state index contributed by atoms with van der Waals surface area (Å²) < 4.78 is 18.1. The van der Waals surface area contributed by atoms with Gasteiger partial charge >= 0.3 is 5.97 Å². The van der Waals surface area contributed by atoms with E-state index >= 15 is 0 Å². The molecule has 0 bridgehead atoms. The summed E-state index contributed by atoms with van der Waals surface area (Å²) in [4.78, 5) is 48.6. The summed E-state index contributed by atoms with van der Waals surface area (Å²) in [6, 6.07) is 14.7. The van der Waals surface area contributed by atoms with Gasteiger partial charge in [-0.2, -0.15) is 0 Å². The van der Waals surface area contributed by atoms with E-state index in [1.165, 1.54) is 26.3 Å². The van der Waals surface area contributed by atoms with Gasteiger partial charge in [-0.15, -0.1) is 23.5 Å². The number of benzene rings is 4. The van der Waals surface area contributed by atoms with E-state index < -0.39 is 12.1 Å². The minimum absolute atomic E-state index is 0.00158. The Morgan fingerprint density at radius 3 is 1.41 bits per heavy atom. The summed E-state index contributed by atoms with van der Waals surface area (Å²) >= 11 is 3.32. The van der Waals surface area contributed by atoms with E-state index in [-0.39, 0.29) is 41.9 Å². The van der Waals surface area contributed by atoms with Crippen LogP contribution in [0.15, 0.2) is 58.3 Å². The number of carbonyl (C=O) groups is 4. The van der Waals surface area contributed by atoms with Gasteiger partial charge in [0.25, 0.3) is 0 Å². The van der Waals surface area contributed by atoms with Crippen LogP contribution in [0.5, 0.6) is 28.7 Å². The number of aromatic hydroxyl groups is 2. The zero-order chi connectivity index (χ0) is 50.3. The number of carboxylic acid groups (broad SMARTS) is 1. The van der Waals surface area contributed by atoms with Crippen molar-refractivity contribution in [2.24, 2.45) is 0 Å². The van der Waals surface area contributed by atoms with Crippen molar-refractivity contribution in [2.75, 3.05) is 31.3 Å². The summed E-state index contributed by atoms with van der Waals surface area (Å²) in [5.74, 6) is 2.65. The number of aliphatic hydroxyl groups excluding tert-OH is 1. The summed E-state index contributed by atoms with van der Waals surface area (Å²) in [6.07, 6.45) is 8.17. The number of ketones is 3. The van der Waals surface area contributed by atoms with Gasteiger partial charge in [-0.1, -0.05) is 59.4 Å². The van der Waals surface area contributed by atoms with Crippen LogP contribution in [-0.2, 0) is 30.5 Å². The fourth-order valence-corrected chi connectivity index (χ4v) is 9.91. The van der Waals surface area contributed by atoms with Gasteiger partial charge in [-0.3, -0.25) is 19.2 Å². The largest absolute Gasteiger partial charge is 0.507 e. The second-order valence-electron chi connectivity index (χ2n) is 16.8. The Balaban J connectivity index is 0.000000366. The van der Waals surface area contributed by atoms with Gasteiger partial charge in [0.05, 0.1) is 42.6 Å². The van der Waals surface area contributed by atoms with Gasteiger partial charge < -0.3 is 34.6 Å². The van der Waals surface area contributed by atoms with Gasteiger partial charge in [-0.25, -0.2) is 0 Å². The Bertz CT molecular complexity index is 2300. The molecule has 1 atom stereocenters. The maximum Gasteiger partial charge on any atom is 0.303 e. The zero-order valence-electron chi connectivity index (χ0n) is 41.7. The molecule has 0 aliphatic heterocycles. The minimum atomic E-state index is -0.883. The van der Waals surface area contributed by atoms with E-state index in [1.54, 1.807) is 54.7 Å². The lowest BCUT2D eigenvalue weighted by atomic mass is 9.95. The van der Waals surface area contributed by atoms with Crippen molar-refractivity contribution in [1.82, 2.24) is 0 Å². The van der Waals surface area contributed by atoms with Crippen LogP contribution in [0, 0.1) is 6.92 Å². The van der Waals surface area contributed by atoms with Gasteiger partial charge in [0, 0.05) is 44.4 Å². The maximum atomic E-state index is 12.2. The van der Waals surface area contributed by atoms with E-state index in [0.717, 1.165) is 106 Å². The number of carbonyl (C=O) groups excluding carboxylic acids is 3. The summed E-state index contributed by atoms with van der Waals surface area (Å²) in [6.45, 7) is 17.9. The molecule has 4 N–H and O–H groups in total. The van der Waals surface area contributed by atoms with E-state index in [2.05, 4.69) is 20.8 Å². The van der Waals surface area contributed by atoms with Crippen molar-refractivity contribution in [2.45, 2.75) is 155 Å². The number of carboxylic acids is 1. The minimum Gasteiger partial charge on any atom is -0.507 e. The third-order valence-corrected chi connectivity index (χ3v) is 13.6. The fraction of sp³-hybridized carbons (Fsp3) is 0.491. The summed E-state index contributed by atoms with van der Waals surface area (Å²) in [5.41, 5.74) is 7.00. The van der Waals surface area contributed by atoms with Crippen LogP contribution in [0.2, 0.25) is 0 Å². The highest BCUT2D eigenvalue weighted by Gasteiger charge is 2.20. The first-order valence-electron chi connectivity index (χ1n) is 24.1. The number of ether oxygens (including phenoxy) is 3. The van der Waals surface area contributed by atoms with Crippen LogP contribution < -0.4 is 14.2 Å². The molecule has 0 saturated heterocycles. The van der Waals surface area contributed by atoms with Crippen LogP contribution in [0.25, 0.3) is 0 Å². The first-order valence-corrected chi connectivity index (χ1v) is 26.0. The maximum absolute atomic E-state index is 12.2. The fourth-order valence-electron chi connectivity index (χ4n) is 7.87. The topological polar surface area (TPSA) is 177 Å². The number of thioether (sulfide) groups is 2. The average molecular weight is 975 g/mol. The molecule has 0 heterocycles. The molecule has 13 heteroatoms. The van der Waals surface area contributed by atoms with Crippen LogP contribution in [0.1, 0.15) is 177 Å². The van der Waals surface area contributed by atoms with Crippen molar-refractivity contribution < 1.29 is 53.8 Å². The van der Waals surface area contributed by atoms with Crippen LogP contribution >= 0.6 is 23.5 Å². The molecular weight excluding hydrogens is 901 g/mol. The molecule has 4 rings (SSSR count). The van der Waals surface area contributed by atoms with E-state index in [1.807, 2.05) is 38.1 Å². The SMILES string of the molecule is CCCc1c(OCCCSc2ccc(C(C)=O)c(O)c2CCC)ccc(C(C)O)c1C.CCCc1c(SCCCOc2ccc(C(C)=O)c(OCCCC(=O)O)c2CCC)ccc(C(C)=O)c1O. The lowest BCUT2D eigenvalue weighted by molar-refractivity contribution is -0.137. The third-order valence-electron chi connectivity index (χ3n) is 11.3. The van der Waals surface area contributed by atoms with Gasteiger partial charge in [0.15, 0.2) is 17.3 Å². The third kappa shape index (κ3) is 16.9. The highest BCUT2D eigenvalue weighted by Crippen LogP contribution is 2.38. The summed E-state index contributed by atoms with van der Waals surface area (Å²) in [5, 5.41) is 40.0. The molecule has 4 aromatic rings. The Kier molecular flexibility index (Phi) is 25.1. The molecule has 0 spiro atoms. The number of hydrogen-bond donors (Lipinski definition) is 4. The molecule has 0 aliphatic rings. The number of rotatable bonds is 29. The van der Waals surface area contributed by atoms with E-state index in [9.17, 15) is 34.5 Å². The van der Waals surface area contributed by atoms with Crippen LogP contribution in [-0.4, -0.2) is 75.1 Å². The Morgan fingerprint density at radius 2 is 0.971 bits per heavy atom. The highest BCUT2D eigenvalue weighted by atomic mass is 32.2. The Hall–Kier alpha value is -4.98. The molecular formula is C55H74O11S2. The molecule has 68 heavy (non-hydrogen) atoms. The smallest absolute Gasteiger partial charge is 0.303 e. The predicted molar refractivity (Wildman–Crippen MR) is 274 cm³/mol. The second kappa shape index (κ2) is 29.8. The van der Waals surface area contributed by atoms with Crippen molar-refractivity contribution >= 4 is 46.8 Å². The van der Waals surface area contributed by atoms with Crippen molar-refractivity contribution in [1.29, 1.82) is 0 Å². The lowest BCUT2D eigenvalue weighted by Crippen LogP contribution is -2.10. The first kappa shape index (κ1) is 57.3. The number of Topliss-reactive ketones (excluding diaryl/α,β-unsaturated/α-hetero) is 3. The molecule has 0 amide bonds. The van der Waals surface area contributed by atoms with E-state index in [0.29, 0.717) is 60.7 Å². The molecule has 4 aromatic carbocycles. The van der Waals surface area contributed by atoms with Gasteiger partial charge in [0.1, 0.15) is 28.7 Å². The average Bonchev–Trinajstić information content (AvgIpc) is 3.28. The quantitative estimate of drug-likeness (QED) is 0.0230. The molecule has 0 fully saturated rings. The Labute approximate surface area is 412 Å². The molecule has 0 aromatic heterocycles. The molecule has 11 nitrogen and oxygen atoms in total. The van der Waals surface area contributed by atoms with Gasteiger partial charge in [0.2, 0.25) is 0 Å². The second-order valence-corrected chi connectivity index (χ2v) is 19.1.